The summed E-state index contributed by atoms with van der Waals surface area (Å²) in [6.07, 6.45) is 5.62. The number of thioether (sulfide) groups is 1. The number of nitrogens with zero attached hydrogens (tertiary/aromatic N) is 4. The van der Waals surface area contributed by atoms with E-state index >= 15 is 0 Å². The van der Waals surface area contributed by atoms with E-state index in [0.717, 1.165) is 24.2 Å². The van der Waals surface area contributed by atoms with Gasteiger partial charge in [0.25, 0.3) is 5.95 Å². The first-order chi connectivity index (χ1) is 12.2. The maximum atomic E-state index is 12.0. The lowest BCUT2D eigenvalue weighted by Crippen LogP contribution is -2.17. The molecule has 0 atom stereocenters. The van der Waals surface area contributed by atoms with Crippen LogP contribution in [-0.2, 0) is 4.79 Å². The SMILES string of the molecule is Nn1c(NN=C2CCCCC2)nnc1SCC(=O)Nc1ccccc1. The van der Waals surface area contributed by atoms with Crippen LogP contribution in [0, 0.1) is 0 Å². The number of aromatic nitrogens is 3. The van der Waals surface area contributed by atoms with Gasteiger partial charge in [0.05, 0.1) is 5.75 Å². The Morgan fingerprint density at radius 1 is 1.20 bits per heavy atom. The van der Waals surface area contributed by atoms with Crippen LogP contribution in [0.3, 0.4) is 0 Å². The van der Waals surface area contributed by atoms with Crippen molar-refractivity contribution in [1.82, 2.24) is 14.9 Å². The van der Waals surface area contributed by atoms with Crippen LogP contribution < -0.4 is 16.6 Å². The molecule has 4 N–H and O–H groups in total. The van der Waals surface area contributed by atoms with Crippen molar-refractivity contribution >= 4 is 35.0 Å². The monoisotopic (exact) mass is 359 g/mol. The van der Waals surface area contributed by atoms with Gasteiger partial charge in [0.1, 0.15) is 0 Å². The van der Waals surface area contributed by atoms with Crippen molar-refractivity contribution in [2.24, 2.45) is 5.10 Å². The number of carbonyl (C=O) groups excluding carboxylic acids is 1. The Balaban J connectivity index is 1.51. The number of nitrogen functional groups attached to an aromatic ring is 1. The van der Waals surface area contributed by atoms with Crippen LogP contribution in [0.1, 0.15) is 32.1 Å². The fraction of sp³-hybridized carbons (Fsp3) is 0.375. The molecule has 0 aliphatic heterocycles. The van der Waals surface area contributed by atoms with Crippen LogP contribution in [0.4, 0.5) is 11.6 Å². The fourth-order valence-electron chi connectivity index (χ4n) is 2.50. The average Bonchev–Trinajstić information content (AvgIpc) is 3.00. The molecule has 0 saturated heterocycles. The van der Waals surface area contributed by atoms with Gasteiger partial charge < -0.3 is 11.2 Å². The van der Waals surface area contributed by atoms with Gasteiger partial charge in [0.15, 0.2) is 0 Å². The van der Waals surface area contributed by atoms with Gasteiger partial charge in [-0.05, 0) is 37.8 Å². The topological polar surface area (TPSA) is 110 Å². The van der Waals surface area contributed by atoms with E-state index in [9.17, 15) is 4.79 Å². The molecule has 0 radical (unpaired) electrons. The lowest BCUT2D eigenvalue weighted by Gasteiger charge is -2.12. The minimum atomic E-state index is -0.129. The van der Waals surface area contributed by atoms with Crippen molar-refractivity contribution in [2.75, 3.05) is 22.3 Å². The maximum Gasteiger partial charge on any atom is 0.264 e. The first-order valence-electron chi connectivity index (χ1n) is 8.22. The lowest BCUT2D eigenvalue weighted by molar-refractivity contribution is -0.113. The molecule has 8 nitrogen and oxygen atoms in total. The van der Waals surface area contributed by atoms with Gasteiger partial charge >= 0.3 is 0 Å². The number of amides is 1. The van der Waals surface area contributed by atoms with Gasteiger partial charge in [-0.2, -0.15) is 5.10 Å². The lowest BCUT2D eigenvalue weighted by atomic mass is 9.99. The first-order valence-corrected chi connectivity index (χ1v) is 9.20. The smallest absolute Gasteiger partial charge is 0.264 e. The highest BCUT2D eigenvalue weighted by Crippen LogP contribution is 2.18. The van der Waals surface area contributed by atoms with Crippen molar-refractivity contribution in [3.8, 4) is 0 Å². The molecular formula is C16H21N7OS. The largest absolute Gasteiger partial charge is 0.334 e. The zero-order valence-corrected chi connectivity index (χ0v) is 14.6. The van der Waals surface area contributed by atoms with Crippen molar-refractivity contribution in [3.63, 3.8) is 0 Å². The van der Waals surface area contributed by atoms with Crippen LogP contribution in [0.25, 0.3) is 0 Å². The Bertz CT molecular complexity index is 736. The minimum Gasteiger partial charge on any atom is -0.334 e. The summed E-state index contributed by atoms with van der Waals surface area (Å²) < 4.78 is 1.31. The Morgan fingerprint density at radius 2 is 1.96 bits per heavy atom. The normalized spacial score (nSPS) is 14.2. The van der Waals surface area contributed by atoms with Gasteiger partial charge in [-0.1, -0.05) is 36.4 Å². The van der Waals surface area contributed by atoms with Gasteiger partial charge in [0, 0.05) is 11.4 Å². The van der Waals surface area contributed by atoms with Crippen LogP contribution in [0.15, 0.2) is 40.6 Å². The molecule has 3 rings (SSSR count). The summed E-state index contributed by atoms with van der Waals surface area (Å²) in [7, 11) is 0. The van der Waals surface area contributed by atoms with Crippen molar-refractivity contribution in [1.29, 1.82) is 0 Å². The summed E-state index contributed by atoms with van der Waals surface area (Å²) in [4.78, 5) is 12.0. The first kappa shape index (κ1) is 17.3. The van der Waals surface area contributed by atoms with E-state index in [2.05, 4.69) is 26.0 Å². The molecule has 1 fully saturated rings. The van der Waals surface area contributed by atoms with Gasteiger partial charge in [-0.25, -0.2) is 10.1 Å². The molecule has 2 aromatic rings. The number of nitrogens with one attached hydrogen (secondary N) is 2. The average molecular weight is 359 g/mol. The maximum absolute atomic E-state index is 12.0. The predicted molar refractivity (Wildman–Crippen MR) is 100 cm³/mol. The van der Waals surface area contributed by atoms with E-state index in [1.807, 2.05) is 30.3 Å². The Morgan fingerprint density at radius 3 is 2.72 bits per heavy atom. The number of carbonyl (C=O) groups is 1. The Labute approximate surface area is 150 Å². The van der Waals surface area contributed by atoms with Crippen molar-refractivity contribution < 1.29 is 4.79 Å². The standard InChI is InChI=1S/C16H21N7OS/c17-23-15(20-19-13-9-5-2-6-10-13)21-22-16(23)25-11-14(24)18-12-7-3-1-4-8-12/h1,3-4,7-8H,2,5-6,9-11,17H2,(H,18,24)(H,20,21). The molecule has 1 aromatic heterocycles. The number of rotatable bonds is 6. The highest BCUT2D eigenvalue weighted by atomic mass is 32.2. The third-order valence-electron chi connectivity index (χ3n) is 3.80. The molecule has 1 amide bonds. The molecular weight excluding hydrogens is 338 g/mol. The van der Waals surface area contributed by atoms with Crippen molar-refractivity contribution in [2.45, 2.75) is 37.3 Å². The highest BCUT2D eigenvalue weighted by Gasteiger charge is 2.13. The van der Waals surface area contributed by atoms with Crippen LogP contribution in [-0.4, -0.2) is 32.2 Å². The number of hydrogen-bond donors (Lipinski definition) is 3. The van der Waals surface area contributed by atoms with E-state index in [1.54, 1.807) is 0 Å². The zero-order chi connectivity index (χ0) is 17.5. The Kier molecular flexibility index (Phi) is 5.89. The van der Waals surface area contributed by atoms with Crippen LogP contribution in [0.2, 0.25) is 0 Å². The third-order valence-corrected chi connectivity index (χ3v) is 4.74. The van der Waals surface area contributed by atoms with Crippen LogP contribution >= 0.6 is 11.8 Å². The second-order valence-corrected chi connectivity index (χ2v) is 6.67. The zero-order valence-electron chi connectivity index (χ0n) is 13.8. The Hall–Kier alpha value is -2.55. The molecule has 25 heavy (non-hydrogen) atoms. The number of hydrazone groups is 1. The molecule has 9 heteroatoms. The molecule has 132 valence electrons. The molecule has 0 unspecified atom stereocenters. The summed E-state index contributed by atoms with van der Waals surface area (Å²) in [5.74, 6) is 6.39. The van der Waals surface area contributed by atoms with E-state index in [0.29, 0.717) is 11.1 Å². The number of para-hydroxylation sites is 1. The quantitative estimate of drug-likeness (QED) is 0.415. The van der Waals surface area contributed by atoms with E-state index in [1.165, 1.54) is 35.7 Å². The summed E-state index contributed by atoms with van der Waals surface area (Å²) in [5.41, 5.74) is 4.76. The summed E-state index contributed by atoms with van der Waals surface area (Å²) in [6.45, 7) is 0. The minimum absolute atomic E-state index is 0.129. The second-order valence-electron chi connectivity index (χ2n) is 5.73. The molecule has 1 heterocycles. The third kappa shape index (κ3) is 4.96. The summed E-state index contributed by atoms with van der Waals surface area (Å²) in [5, 5.41) is 15.6. The highest BCUT2D eigenvalue weighted by molar-refractivity contribution is 7.99. The molecule has 1 aromatic carbocycles. The molecule has 0 spiro atoms. The van der Waals surface area contributed by atoms with E-state index in [-0.39, 0.29) is 11.7 Å². The number of benzene rings is 1. The summed E-state index contributed by atoms with van der Waals surface area (Å²) in [6, 6.07) is 9.30. The van der Waals surface area contributed by atoms with Crippen molar-refractivity contribution in [3.05, 3.63) is 30.3 Å². The van der Waals surface area contributed by atoms with Gasteiger partial charge in [-0.3, -0.25) is 4.79 Å². The summed E-state index contributed by atoms with van der Waals surface area (Å²) >= 11 is 1.22. The fourth-order valence-corrected chi connectivity index (χ4v) is 3.16. The van der Waals surface area contributed by atoms with Gasteiger partial charge in [0.2, 0.25) is 11.1 Å². The second kappa shape index (κ2) is 8.52. The number of anilines is 2. The number of hydrogen-bond acceptors (Lipinski definition) is 7. The predicted octanol–water partition coefficient (Wildman–Crippen LogP) is 2.45. The van der Waals surface area contributed by atoms with Crippen LogP contribution in [0.5, 0.6) is 0 Å². The number of nitrogens with two attached hydrogens (primary N) is 1. The molecule has 0 bridgehead atoms. The molecule has 1 aliphatic rings. The van der Waals surface area contributed by atoms with E-state index in [4.69, 9.17) is 5.84 Å². The van der Waals surface area contributed by atoms with Gasteiger partial charge in [-0.15, -0.1) is 10.2 Å². The molecule has 1 saturated carbocycles. The van der Waals surface area contributed by atoms with E-state index < -0.39 is 0 Å². The molecule has 1 aliphatic carbocycles.